The number of aromatic nitrogens is 1. The molecule has 1 aromatic heterocycles. The lowest BCUT2D eigenvalue weighted by atomic mass is 10.0. The second kappa shape index (κ2) is 4.03. The Bertz CT molecular complexity index is 426. The second-order valence-corrected chi connectivity index (χ2v) is 4.75. The van der Waals surface area contributed by atoms with Gasteiger partial charge >= 0.3 is 0 Å². The van der Waals surface area contributed by atoms with E-state index in [1.807, 2.05) is 11.0 Å². The van der Waals surface area contributed by atoms with Crippen molar-refractivity contribution in [1.82, 2.24) is 4.98 Å². The fraction of sp³-hybridized carbons (Fsp3) is 0.400. The number of nitrogens with zero attached hydrogens (tertiary/aromatic N) is 2. The molecule has 1 amide bonds. The van der Waals surface area contributed by atoms with Gasteiger partial charge in [-0.15, -0.1) is 0 Å². The highest BCUT2D eigenvalue weighted by Gasteiger charge is 2.41. The molecule has 0 saturated carbocycles. The third-order valence-corrected chi connectivity index (χ3v) is 3.41. The molecule has 0 radical (unpaired) electrons. The van der Waals surface area contributed by atoms with Gasteiger partial charge in [0.15, 0.2) is 5.60 Å². The van der Waals surface area contributed by atoms with Crippen molar-refractivity contribution in [3.05, 3.63) is 22.9 Å². The third-order valence-electron chi connectivity index (χ3n) is 2.80. The number of aliphatic hydroxyl groups is 1. The van der Waals surface area contributed by atoms with Crippen LogP contribution in [0.5, 0.6) is 0 Å². The predicted molar refractivity (Wildman–Crippen MR) is 62.9 cm³/mol. The number of rotatable bonds is 2. The zero-order chi connectivity index (χ0) is 11.8. The molecule has 1 aliphatic rings. The lowest BCUT2D eigenvalue weighted by molar-refractivity contribution is -0.134. The van der Waals surface area contributed by atoms with Gasteiger partial charge in [0.25, 0.3) is 5.91 Å². The number of primary amides is 1. The summed E-state index contributed by atoms with van der Waals surface area (Å²) >= 11 is 3.38. The van der Waals surface area contributed by atoms with Gasteiger partial charge < -0.3 is 15.7 Å². The van der Waals surface area contributed by atoms with Crippen molar-refractivity contribution < 1.29 is 9.90 Å². The molecule has 0 bridgehead atoms. The highest BCUT2D eigenvalue weighted by atomic mass is 79.9. The molecule has 2 rings (SSSR count). The Morgan fingerprint density at radius 2 is 2.44 bits per heavy atom. The highest BCUT2D eigenvalue weighted by molar-refractivity contribution is 9.10. The van der Waals surface area contributed by atoms with Crippen molar-refractivity contribution in [2.45, 2.75) is 12.0 Å². The van der Waals surface area contributed by atoms with Crippen LogP contribution in [0.1, 0.15) is 6.42 Å². The van der Waals surface area contributed by atoms with Crippen molar-refractivity contribution in [3.63, 3.8) is 0 Å². The molecule has 86 valence electrons. The largest absolute Gasteiger partial charge is 0.378 e. The van der Waals surface area contributed by atoms with E-state index in [1.165, 1.54) is 0 Å². The van der Waals surface area contributed by atoms with Crippen molar-refractivity contribution in [3.8, 4) is 0 Å². The van der Waals surface area contributed by atoms with Crippen LogP contribution in [0, 0.1) is 0 Å². The third kappa shape index (κ3) is 1.90. The van der Waals surface area contributed by atoms with E-state index in [9.17, 15) is 9.90 Å². The van der Waals surface area contributed by atoms with Crippen LogP contribution in [0.2, 0.25) is 0 Å². The first-order valence-corrected chi connectivity index (χ1v) is 5.69. The zero-order valence-corrected chi connectivity index (χ0v) is 10.1. The van der Waals surface area contributed by atoms with Gasteiger partial charge in [-0.2, -0.15) is 0 Å². The summed E-state index contributed by atoms with van der Waals surface area (Å²) in [7, 11) is 0. The maximum absolute atomic E-state index is 11.1. The van der Waals surface area contributed by atoms with Gasteiger partial charge in [0.05, 0.1) is 16.7 Å². The first-order valence-electron chi connectivity index (χ1n) is 4.90. The van der Waals surface area contributed by atoms with Crippen molar-refractivity contribution >= 4 is 27.5 Å². The number of β-amino-alcohol motifs (C(OH)–C–C–N with tert-alkyl or cyclic N) is 1. The molecular formula is C10H12BrN3O2. The molecule has 1 aliphatic heterocycles. The van der Waals surface area contributed by atoms with Gasteiger partial charge in [-0.1, -0.05) is 0 Å². The first kappa shape index (κ1) is 11.3. The minimum Gasteiger partial charge on any atom is -0.378 e. The number of hydrogen-bond donors (Lipinski definition) is 2. The summed E-state index contributed by atoms with van der Waals surface area (Å²) in [5.74, 6) is -0.667. The number of carbonyl (C=O) groups excluding carboxylic acids is 1. The van der Waals surface area contributed by atoms with E-state index in [1.54, 1.807) is 12.4 Å². The molecule has 0 aliphatic carbocycles. The topological polar surface area (TPSA) is 79.5 Å². The number of hydrogen-bond acceptors (Lipinski definition) is 4. The van der Waals surface area contributed by atoms with Crippen LogP contribution in [0.25, 0.3) is 0 Å². The number of amides is 1. The van der Waals surface area contributed by atoms with Gasteiger partial charge in [-0.3, -0.25) is 9.78 Å². The number of pyridine rings is 1. The lowest BCUT2D eigenvalue weighted by Gasteiger charge is -2.22. The molecule has 3 N–H and O–H groups in total. The Balaban J connectivity index is 2.22. The van der Waals surface area contributed by atoms with Gasteiger partial charge in [0.1, 0.15) is 0 Å². The quantitative estimate of drug-likeness (QED) is 0.818. The van der Waals surface area contributed by atoms with Crippen LogP contribution in [-0.4, -0.2) is 34.7 Å². The van der Waals surface area contributed by atoms with Crippen molar-refractivity contribution in [1.29, 1.82) is 0 Å². The summed E-state index contributed by atoms with van der Waals surface area (Å²) in [5.41, 5.74) is 4.67. The predicted octanol–water partition coefficient (Wildman–Crippen LogP) is 0.271. The number of halogens is 1. The molecule has 2 heterocycles. The zero-order valence-electron chi connectivity index (χ0n) is 8.56. The summed E-state index contributed by atoms with van der Waals surface area (Å²) < 4.78 is 0.837. The standard InChI is InChI=1S/C10H12BrN3O2/c11-7-5-13-3-1-8(7)14-4-2-10(16,6-14)9(12)15/h1,3,5,16H,2,4,6H2,(H2,12,15). The van der Waals surface area contributed by atoms with Crippen LogP contribution >= 0.6 is 15.9 Å². The van der Waals surface area contributed by atoms with E-state index >= 15 is 0 Å². The Hall–Kier alpha value is -1.14. The smallest absolute Gasteiger partial charge is 0.251 e. The summed E-state index contributed by atoms with van der Waals surface area (Å²) in [4.78, 5) is 17.0. The van der Waals surface area contributed by atoms with Crippen molar-refractivity contribution in [2.75, 3.05) is 18.0 Å². The summed E-state index contributed by atoms with van der Waals surface area (Å²) in [6.07, 6.45) is 3.70. The Morgan fingerprint density at radius 3 is 3.00 bits per heavy atom. The summed E-state index contributed by atoms with van der Waals surface area (Å²) in [6, 6.07) is 1.83. The first-order chi connectivity index (χ1) is 7.53. The molecule has 1 unspecified atom stereocenters. The Morgan fingerprint density at radius 1 is 1.69 bits per heavy atom. The molecule has 16 heavy (non-hydrogen) atoms. The van der Waals surface area contributed by atoms with E-state index in [2.05, 4.69) is 20.9 Å². The lowest BCUT2D eigenvalue weighted by Crippen LogP contribution is -2.46. The van der Waals surface area contributed by atoms with Crippen LogP contribution in [-0.2, 0) is 4.79 Å². The van der Waals surface area contributed by atoms with Crippen molar-refractivity contribution in [2.24, 2.45) is 5.73 Å². The molecule has 1 fully saturated rings. The second-order valence-electron chi connectivity index (χ2n) is 3.89. The van der Waals surface area contributed by atoms with Crippen LogP contribution < -0.4 is 10.6 Å². The van der Waals surface area contributed by atoms with E-state index in [0.717, 1.165) is 10.2 Å². The van der Waals surface area contributed by atoms with Crippen LogP contribution in [0.3, 0.4) is 0 Å². The molecule has 1 saturated heterocycles. The SMILES string of the molecule is NC(=O)C1(O)CCN(c2ccncc2Br)C1. The minimum absolute atomic E-state index is 0.227. The molecule has 0 aromatic carbocycles. The fourth-order valence-corrected chi connectivity index (χ4v) is 2.33. The minimum atomic E-state index is -1.41. The molecule has 1 atom stereocenters. The molecule has 0 spiro atoms. The van der Waals surface area contributed by atoms with E-state index in [0.29, 0.717) is 13.0 Å². The molecular weight excluding hydrogens is 274 g/mol. The van der Waals surface area contributed by atoms with Gasteiger partial charge in [0.2, 0.25) is 0 Å². The van der Waals surface area contributed by atoms with Crippen LogP contribution in [0.4, 0.5) is 5.69 Å². The van der Waals surface area contributed by atoms with E-state index in [4.69, 9.17) is 5.73 Å². The van der Waals surface area contributed by atoms with Crippen LogP contribution in [0.15, 0.2) is 22.9 Å². The van der Waals surface area contributed by atoms with E-state index < -0.39 is 11.5 Å². The maximum atomic E-state index is 11.1. The average molecular weight is 286 g/mol. The van der Waals surface area contributed by atoms with Gasteiger partial charge in [0, 0.05) is 25.4 Å². The fourth-order valence-electron chi connectivity index (χ4n) is 1.82. The number of carbonyl (C=O) groups is 1. The molecule has 5 nitrogen and oxygen atoms in total. The molecule has 1 aromatic rings. The molecule has 6 heteroatoms. The summed E-state index contributed by atoms with van der Waals surface area (Å²) in [6.45, 7) is 0.826. The normalized spacial score (nSPS) is 24.8. The van der Waals surface area contributed by atoms with Gasteiger partial charge in [-0.25, -0.2) is 0 Å². The summed E-state index contributed by atoms with van der Waals surface area (Å²) in [5, 5.41) is 9.94. The highest BCUT2D eigenvalue weighted by Crippen LogP contribution is 2.31. The monoisotopic (exact) mass is 285 g/mol. The number of anilines is 1. The Labute approximate surface area is 101 Å². The Kier molecular flexibility index (Phi) is 2.86. The van der Waals surface area contributed by atoms with Gasteiger partial charge in [-0.05, 0) is 22.0 Å². The maximum Gasteiger partial charge on any atom is 0.251 e. The van der Waals surface area contributed by atoms with E-state index in [-0.39, 0.29) is 6.54 Å². The average Bonchev–Trinajstić information content (AvgIpc) is 2.63. The number of nitrogens with two attached hydrogens (primary N) is 1.